The van der Waals surface area contributed by atoms with Gasteiger partial charge in [0, 0.05) is 26.0 Å². The number of carbonyl (C=O) groups is 1. The Kier molecular flexibility index (Phi) is 5.37. The van der Waals surface area contributed by atoms with Crippen molar-refractivity contribution in [2.75, 3.05) is 12.3 Å². The zero-order chi connectivity index (χ0) is 16.4. The van der Waals surface area contributed by atoms with Crippen molar-refractivity contribution in [2.24, 2.45) is 5.92 Å². The van der Waals surface area contributed by atoms with Gasteiger partial charge in [0.25, 0.3) is 0 Å². The molecule has 2 rings (SSSR count). The highest BCUT2D eigenvalue weighted by Crippen LogP contribution is 2.42. The second-order valence-corrected chi connectivity index (χ2v) is 7.49. The standard InChI is InChI=1S/C16H17Cl2NO2S/c1-8(2)7-21-16(20)14-13(9(3)22-15(14)19)11-5-4-10(17)6-12(11)18/h4-6,8H,7,19H2,1-3H3. The summed E-state index contributed by atoms with van der Waals surface area (Å²) < 4.78 is 5.33. The SMILES string of the molecule is Cc1sc(N)c(C(=O)OCC(C)C)c1-c1ccc(Cl)cc1Cl. The van der Waals surface area contributed by atoms with Crippen LogP contribution in [0.2, 0.25) is 10.0 Å². The van der Waals surface area contributed by atoms with E-state index in [0.29, 0.717) is 27.2 Å². The normalized spacial score (nSPS) is 11.0. The number of nitrogen functional groups attached to an aromatic ring is 1. The van der Waals surface area contributed by atoms with E-state index in [0.717, 1.165) is 16.0 Å². The van der Waals surface area contributed by atoms with Crippen LogP contribution in [0.15, 0.2) is 18.2 Å². The van der Waals surface area contributed by atoms with Crippen molar-refractivity contribution in [2.45, 2.75) is 20.8 Å². The molecule has 0 aliphatic heterocycles. The monoisotopic (exact) mass is 357 g/mol. The van der Waals surface area contributed by atoms with Crippen LogP contribution >= 0.6 is 34.5 Å². The number of halogens is 2. The predicted molar refractivity (Wildman–Crippen MR) is 94.0 cm³/mol. The molecule has 1 aromatic heterocycles. The van der Waals surface area contributed by atoms with Crippen molar-refractivity contribution in [1.82, 2.24) is 0 Å². The van der Waals surface area contributed by atoms with Gasteiger partial charge in [0.15, 0.2) is 0 Å². The first kappa shape index (κ1) is 17.1. The largest absolute Gasteiger partial charge is 0.462 e. The number of hydrogen-bond acceptors (Lipinski definition) is 4. The number of esters is 1. The van der Waals surface area contributed by atoms with Gasteiger partial charge in [-0.25, -0.2) is 4.79 Å². The van der Waals surface area contributed by atoms with Crippen LogP contribution in [0.3, 0.4) is 0 Å². The van der Waals surface area contributed by atoms with E-state index in [-0.39, 0.29) is 5.92 Å². The lowest BCUT2D eigenvalue weighted by atomic mass is 10.0. The van der Waals surface area contributed by atoms with Crippen molar-refractivity contribution in [1.29, 1.82) is 0 Å². The molecule has 3 nitrogen and oxygen atoms in total. The topological polar surface area (TPSA) is 52.3 Å². The fraction of sp³-hybridized carbons (Fsp3) is 0.312. The van der Waals surface area contributed by atoms with Gasteiger partial charge in [0.1, 0.15) is 10.6 Å². The Morgan fingerprint density at radius 3 is 2.64 bits per heavy atom. The Morgan fingerprint density at radius 2 is 2.05 bits per heavy atom. The number of anilines is 1. The van der Waals surface area contributed by atoms with Crippen LogP contribution in [-0.2, 0) is 4.74 Å². The van der Waals surface area contributed by atoms with Crippen LogP contribution in [-0.4, -0.2) is 12.6 Å². The Hall–Kier alpha value is -1.23. The van der Waals surface area contributed by atoms with E-state index in [1.165, 1.54) is 11.3 Å². The van der Waals surface area contributed by atoms with E-state index in [9.17, 15) is 4.79 Å². The molecule has 0 bridgehead atoms. The van der Waals surface area contributed by atoms with Gasteiger partial charge >= 0.3 is 5.97 Å². The molecule has 0 aliphatic rings. The number of carbonyl (C=O) groups excluding carboxylic acids is 1. The smallest absolute Gasteiger partial charge is 0.341 e. The minimum absolute atomic E-state index is 0.257. The van der Waals surface area contributed by atoms with Crippen LogP contribution in [0.4, 0.5) is 5.00 Å². The average molecular weight is 358 g/mol. The van der Waals surface area contributed by atoms with Crippen molar-refractivity contribution >= 4 is 45.5 Å². The molecule has 1 aromatic carbocycles. The summed E-state index contributed by atoms with van der Waals surface area (Å²) >= 11 is 13.6. The molecule has 0 radical (unpaired) electrons. The van der Waals surface area contributed by atoms with Gasteiger partial charge in [-0.1, -0.05) is 43.1 Å². The quantitative estimate of drug-likeness (QED) is 0.742. The van der Waals surface area contributed by atoms with Crippen LogP contribution in [0.5, 0.6) is 0 Å². The second-order valence-electron chi connectivity index (χ2n) is 5.39. The Bertz CT molecular complexity index is 710. The first-order chi connectivity index (χ1) is 10.3. The first-order valence-electron chi connectivity index (χ1n) is 6.82. The number of benzene rings is 1. The Morgan fingerprint density at radius 1 is 1.36 bits per heavy atom. The lowest BCUT2D eigenvalue weighted by Gasteiger charge is -2.11. The lowest BCUT2D eigenvalue weighted by molar-refractivity contribution is 0.0461. The van der Waals surface area contributed by atoms with E-state index in [2.05, 4.69) is 0 Å². The molecule has 6 heteroatoms. The summed E-state index contributed by atoms with van der Waals surface area (Å²) in [6.07, 6.45) is 0. The first-order valence-corrected chi connectivity index (χ1v) is 8.40. The van der Waals surface area contributed by atoms with Crippen LogP contribution in [0, 0.1) is 12.8 Å². The molecule has 2 aromatic rings. The molecule has 22 heavy (non-hydrogen) atoms. The van der Waals surface area contributed by atoms with Crippen molar-refractivity contribution in [3.8, 4) is 11.1 Å². The molecule has 0 spiro atoms. The van der Waals surface area contributed by atoms with Crippen LogP contribution in [0.1, 0.15) is 29.1 Å². The lowest BCUT2D eigenvalue weighted by Crippen LogP contribution is -2.12. The van der Waals surface area contributed by atoms with Gasteiger partial charge in [-0.3, -0.25) is 0 Å². The van der Waals surface area contributed by atoms with E-state index in [1.807, 2.05) is 20.8 Å². The molecule has 118 valence electrons. The van der Waals surface area contributed by atoms with Gasteiger partial charge in [-0.05, 0) is 25.0 Å². The molecule has 0 aliphatic carbocycles. The fourth-order valence-corrected chi connectivity index (χ4v) is 3.53. The summed E-state index contributed by atoms with van der Waals surface area (Å²) in [7, 11) is 0. The van der Waals surface area contributed by atoms with Gasteiger partial charge in [-0.15, -0.1) is 11.3 Å². The summed E-state index contributed by atoms with van der Waals surface area (Å²) in [4.78, 5) is 13.3. The fourth-order valence-electron chi connectivity index (χ4n) is 2.10. The van der Waals surface area contributed by atoms with E-state index in [1.54, 1.807) is 18.2 Å². The third-order valence-corrected chi connectivity index (χ3v) is 4.55. The summed E-state index contributed by atoms with van der Waals surface area (Å²) in [6.45, 7) is 6.21. The third kappa shape index (κ3) is 3.57. The molecule has 0 atom stereocenters. The third-order valence-electron chi connectivity index (χ3n) is 3.06. The zero-order valence-corrected chi connectivity index (χ0v) is 14.9. The van der Waals surface area contributed by atoms with Gasteiger partial charge in [0.2, 0.25) is 0 Å². The van der Waals surface area contributed by atoms with Crippen molar-refractivity contribution in [3.63, 3.8) is 0 Å². The van der Waals surface area contributed by atoms with Crippen LogP contribution < -0.4 is 5.73 Å². The molecule has 0 saturated carbocycles. The molecule has 0 unspecified atom stereocenters. The van der Waals surface area contributed by atoms with Gasteiger partial charge in [-0.2, -0.15) is 0 Å². The van der Waals surface area contributed by atoms with Crippen molar-refractivity contribution < 1.29 is 9.53 Å². The zero-order valence-electron chi connectivity index (χ0n) is 12.6. The van der Waals surface area contributed by atoms with E-state index < -0.39 is 5.97 Å². The average Bonchev–Trinajstić information content (AvgIpc) is 2.71. The number of nitrogens with two attached hydrogens (primary N) is 1. The molecule has 2 N–H and O–H groups in total. The van der Waals surface area contributed by atoms with Crippen LogP contribution in [0.25, 0.3) is 11.1 Å². The maximum absolute atomic E-state index is 12.4. The highest BCUT2D eigenvalue weighted by atomic mass is 35.5. The summed E-state index contributed by atoms with van der Waals surface area (Å²) in [5.41, 5.74) is 7.85. The van der Waals surface area contributed by atoms with E-state index in [4.69, 9.17) is 33.7 Å². The Balaban J connectivity index is 2.50. The molecule has 1 heterocycles. The maximum atomic E-state index is 12.4. The molecular weight excluding hydrogens is 341 g/mol. The number of ether oxygens (including phenoxy) is 1. The number of thiophene rings is 1. The summed E-state index contributed by atoms with van der Waals surface area (Å²) in [6, 6.07) is 5.17. The molecule has 0 saturated heterocycles. The number of rotatable bonds is 4. The van der Waals surface area contributed by atoms with Gasteiger partial charge in [0.05, 0.1) is 6.61 Å². The molecular formula is C16H17Cl2NO2S. The number of aryl methyl sites for hydroxylation is 1. The predicted octanol–water partition coefficient (Wildman–Crippen LogP) is 5.43. The molecule has 0 fully saturated rings. The summed E-state index contributed by atoms with van der Waals surface area (Å²) in [5.74, 6) is -0.163. The van der Waals surface area contributed by atoms with Gasteiger partial charge < -0.3 is 10.5 Å². The Labute approximate surface area is 144 Å². The number of hydrogen-bond donors (Lipinski definition) is 1. The van der Waals surface area contributed by atoms with Crippen molar-refractivity contribution in [3.05, 3.63) is 38.7 Å². The second kappa shape index (κ2) is 6.90. The minimum Gasteiger partial charge on any atom is -0.462 e. The summed E-state index contributed by atoms with van der Waals surface area (Å²) in [5, 5.41) is 1.46. The highest BCUT2D eigenvalue weighted by Gasteiger charge is 2.24. The molecule has 0 amide bonds. The minimum atomic E-state index is -0.420. The maximum Gasteiger partial charge on any atom is 0.341 e. The van der Waals surface area contributed by atoms with E-state index >= 15 is 0 Å². The highest BCUT2D eigenvalue weighted by molar-refractivity contribution is 7.16.